The van der Waals surface area contributed by atoms with E-state index in [4.69, 9.17) is 0 Å². The third-order valence-electron chi connectivity index (χ3n) is 3.85. The highest BCUT2D eigenvalue weighted by atomic mass is 32.1. The Labute approximate surface area is 129 Å². The van der Waals surface area contributed by atoms with Gasteiger partial charge in [-0.1, -0.05) is 18.2 Å². The van der Waals surface area contributed by atoms with Gasteiger partial charge in [-0.3, -0.25) is 4.79 Å². The topological polar surface area (TPSA) is 41.1 Å². The van der Waals surface area contributed by atoms with Crippen molar-refractivity contribution in [2.75, 3.05) is 12.4 Å². The van der Waals surface area contributed by atoms with E-state index in [2.05, 4.69) is 16.7 Å². The molecule has 110 valence electrons. The van der Waals surface area contributed by atoms with Crippen LogP contribution in [0, 0.1) is 0 Å². The number of hydrogen-bond acceptors (Lipinski definition) is 3. The molecule has 0 atom stereocenters. The number of rotatable bonds is 4. The summed E-state index contributed by atoms with van der Waals surface area (Å²) < 4.78 is 0. The number of nitrogens with one attached hydrogen (secondary N) is 2. The quantitative estimate of drug-likeness (QED) is 0.906. The molecule has 3 rings (SSSR count). The van der Waals surface area contributed by atoms with E-state index in [-0.39, 0.29) is 5.91 Å². The van der Waals surface area contributed by atoms with Crippen molar-refractivity contribution in [2.24, 2.45) is 0 Å². The van der Waals surface area contributed by atoms with Crippen molar-refractivity contribution in [3.05, 3.63) is 51.2 Å². The maximum atomic E-state index is 12.5. The van der Waals surface area contributed by atoms with Crippen molar-refractivity contribution in [3.63, 3.8) is 0 Å². The van der Waals surface area contributed by atoms with Gasteiger partial charge in [-0.05, 0) is 56.0 Å². The Kier molecular flexibility index (Phi) is 4.36. The summed E-state index contributed by atoms with van der Waals surface area (Å²) >= 11 is 1.65. The summed E-state index contributed by atoms with van der Waals surface area (Å²) in [6.07, 6.45) is 4.74. The van der Waals surface area contributed by atoms with E-state index in [0.29, 0.717) is 0 Å². The van der Waals surface area contributed by atoms with Crippen molar-refractivity contribution in [3.8, 4) is 0 Å². The number of fused-ring (bicyclic) bond motifs is 1. The number of para-hydroxylation sites is 1. The van der Waals surface area contributed by atoms with Crippen molar-refractivity contribution < 1.29 is 4.79 Å². The summed E-state index contributed by atoms with van der Waals surface area (Å²) in [5.41, 5.74) is 3.37. The highest BCUT2D eigenvalue weighted by Gasteiger charge is 2.17. The maximum Gasteiger partial charge on any atom is 0.265 e. The predicted octanol–water partition coefficient (Wildman–Crippen LogP) is 3.60. The first kappa shape index (κ1) is 14.3. The molecule has 0 bridgehead atoms. The number of anilines is 1. The second-order valence-corrected chi connectivity index (χ2v) is 6.54. The zero-order chi connectivity index (χ0) is 14.7. The lowest BCUT2D eigenvalue weighted by atomic mass is 9.99. The highest BCUT2D eigenvalue weighted by Crippen LogP contribution is 2.30. The minimum Gasteiger partial charge on any atom is -0.321 e. The van der Waals surface area contributed by atoms with Gasteiger partial charge >= 0.3 is 0 Å². The number of hydrogen-bond donors (Lipinski definition) is 2. The Balaban J connectivity index is 1.78. The number of carbonyl (C=O) groups is 1. The van der Waals surface area contributed by atoms with Crippen LogP contribution in [-0.4, -0.2) is 13.0 Å². The van der Waals surface area contributed by atoms with E-state index in [1.54, 1.807) is 11.3 Å². The summed E-state index contributed by atoms with van der Waals surface area (Å²) in [6.45, 7) is 0.747. The van der Waals surface area contributed by atoms with Crippen LogP contribution in [0.1, 0.15) is 38.5 Å². The van der Waals surface area contributed by atoms with E-state index in [1.807, 2.05) is 31.3 Å². The van der Waals surface area contributed by atoms with Crippen LogP contribution in [0.3, 0.4) is 0 Å². The molecular weight excluding hydrogens is 280 g/mol. The normalized spacial score (nSPS) is 13.8. The van der Waals surface area contributed by atoms with Gasteiger partial charge < -0.3 is 10.6 Å². The fraction of sp³-hybridized carbons (Fsp3) is 0.353. The monoisotopic (exact) mass is 300 g/mol. The van der Waals surface area contributed by atoms with Crippen molar-refractivity contribution in [1.29, 1.82) is 0 Å². The lowest BCUT2D eigenvalue weighted by Crippen LogP contribution is -2.14. The summed E-state index contributed by atoms with van der Waals surface area (Å²) in [5.74, 6) is 0.0120. The molecule has 1 aliphatic rings. The smallest absolute Gasteiger partial charge is 0.265 e. The van der Waals surface area contributed by atoms with Crippen LogP contribution in [0.4, 0.5) is 5.69 Å². The Bertz CT molecular complexity index is 624. The van der Waals surface area contributed by atoms with Crippen LogP contribution in [0.2, 0.25) is 0 Å². The van der Waals surface area contributed by atoms with E-state index in [0.717, 1.165) is 35.5 Å². The first-order chi connectivity index (χ1) is 10.3. The number of thiophene rings is 1. The maximum absolute atomic E-state index is 12.5. The molecule has 3 nitrogen and oxygen atoms in total. The van der Waals surface area contributed by atoms with Gasteiger partial charge in [-0.15, -0.1) is 11.3 Å². The lowest BCUT2D eigenvalue weighted by molar-refractivity contribution is 0.103. The number of benzene rings is 1. The van der Waals surface area contributed by atoms with Gasteiger partial charge in [0, 0.05) is 17.1 Å². The van der Waals surface area contributed by atoms with Crippen LogP contribution in [0.5, 0.6) is 0 Å². The molecule has 0 fully saturated rings. The average molecular weight is 300 g/mol. The minimum atomic E-state index is 0.0120. The minimum absolute atomic E-state index is 0.0120. The number of amides is 1. The molecule has 0 radical (unpaired) electrons. The molecule has 2 aromatic rings. The van der Waals surface area contributed by atoms with E-state index in [9.17, 15) is 4.79 Å². The molecule has 0 aliphatic heterocycles. The molecule has 1 aromatic carbocycles. The molecule has 1 aliphatic carbocycles. The Morgan fingerprint density at radius 3 is 2.86 bits per heavy atom. The highest BCUT2D eigenvalue weighted by molar-refractivity contribution is 7.14. The predicted molar refractivity (Wildman–Crippen MR) is 88.1 cm³/mol. The van der Waals surface area contributed by atoms with Crippen LogP contribution in [0.25, 0.3) is 0 Å². The molecular formula is C17H20N2OS. The van der Waals surface area contributed by atoms with Gasteiger partial charge in [0.15, 0.2) is 0 Å². The molecule has 0 unspecified atom stereocenters. The van der Waals surface area contributed by atoms with Crippen LogP contribution in [0.15, 0.2) is 30.3 Å². The Hall–Kier alpha value is -1.65. The molecule has 1 amide bonds. The number of carbonyl (C=O) groups excluding carboxylic acids is 1. The number of aryl methyl sites for hydroxylation is 2. The third kappa shape index (κ3) is 3.17. The Morgan fingerprint density at radius 1 is 1.24 bits per heavy atom. The molecule has 1 aromatic heterocycles. The van der Waals surface area contributed by atoms with Crippen molar-refractivity contribution in [2.45, 2.75) is 32.2 Å². The van der Waals surface area contributed by atoms with E-state index < -0.39 is 0 Å². The molecule has 21 heavy (non-hydrogen) atoms. The zero-order valence-electron chi connectivity index (χ0n) is 12.2. The SMILES string of the molecule is CNCc1ccccc1NC(=O)c1cc2c(s1)CCCC2. The van der Waals surface area contributed by atoms with Crippen molar-refractivity contribution >= 4 is 22.9 Å². The lowest BCUT2D eigenvalue weighted by Gasteiger charge is -2.09. The van der Waals surface area contributed by atoms with Crippen molar-refractivity contribution in [1.82, 2.24) is 5.32 Å². The van der Waals surface area contributed by atoms with Gasteiger partial charge in [-0.2, -0.15) is 0 Å². The summed E-state index contributed by atoms with van der Waals surface area (Å²) in [5, 5.41) is 6.18. The fourth-order valence-electron chi connectivity index (χ4n) is 2.77. The standard InChI is InChI=1S/C17H20N2OS/c1-18-11-13-7-2-4-8-14(13)19-17(20)16-10-12-6-3-5-9-15(12)21-16/h2,4,7-8,10,18H,3,5-6,9,11H2,1H3,(H,19,20). The second-order valence-electron chi connectivity index (χ2n) is 5.41. The molecule has 2 N–H and O–H groups in total. The van der Waals surface area contributed by atoms with E-state index in [1.165, 1.54) is 23.3 Å². The van der Waals surface area contributed by atoms with Gasteiger partial charge in [0.2, 0.25) is 0 Å². The molecule has 0 saturated heterocycles. The van der Waals surface area contributed by atoms with Gasteiger partial charge in [-0.25, -0.2) is 0 Å². The van der Waals surface area contributed by atoms with E-state index >= 15 is 0 Å². The summed E-state index contributed by atoms with van der Waals surface area (Å²) in [7, 11) is 1.91. The zero-order valence-corrected chi connectivity index (χ0v) is 13.1. The average Bonchev–Trinajstić information content (AvgIpc) is 2.93. The van der Waals surface area contributed by atoms with Gasteiger partial charge in [0.05, 0.1) is 4.88 Å². The van der Waals surface area contributed by atoms with Gasteiger partial charge in [0.25, 0.3) is 5.91 Å². The van der Waals surface area contributed by atoms with Crippen LogP contribution in [-0.2, 0) is 19.4 Å². The third-order valence-corrected chi connectivity index (χ3v) is 5.09. The van der Waals surface area contributed by atoms with Gasteiger partial charge in [0.1, 0.15) is 0 Å². The van der Waals surface area contributed by atoms with Crippen LogP contribution < -0.4 is 10.6 Å². The molecule has 4 heteroatoms. The molecule has 1 heterocycles. The molecule has 0 saturated carbocycles. The largest absolute Gasteiger partial charge is 0.321 e. The second kappa shape index (κ2) is 6.41. The Morgan fingerprint density at radius 2 is 2.05 bits per heavy atom. The first-order valence-electron chi connectivity index (χ1n) is 7.43. The fourth-order valence-corrected chi connectivity index (χ4v) is 3.92. The summed E-state index contributed by atoms with van der Waals surface area (Å²) in [6, 6.07) is 10.0. The summed E-state index contributed by atoms with van der Waals surface area (Å²) in [4.78, 5) is 14.7. The van der Waals surface area contributed by atoms with Crippen LogP contribution >= 0.6 is 11.3 Å². The first-order valence-corrected chi connectivity index (χ1v) is 8.25. The molecule has 0 spiro atoms.